The van der Waals surface area contributed by atoms with Gasteiger partial charge >= 0.3 is 0 Å². The molecule has 20 heavy (non-hydrogen) atoms. The van der Waals surface area contributed by atoms with Crippen LogP contribution in [0.1, 0.15) is 30.3 Å². The van der Waals surface area contributed by atoms with Crippen LogP contribution in [0.4, 0.5) is 0 Å². The number of halogens is 1. The average molecular weight is 354 g/mol. The fraction of sp³-hybridized carbons (Fsp3) is 0.467. The molecule has 2 rings (SSSR count). The Bertz CT molecular complexity index is 554. The number of aromatic nitrogens is 2. The van der Waals surface area contributed by atoms with E-state index in [9.17, 15) is 0 Å². The highest BCUT2D eigenvalue weighted by atomic mass is 79.9. The van der Waals surface area contributed by atoms with Gasteiger partial charge in [0, 0.05) is 16.5 Å². The monoisotopic (exact) mass is 353 g/mol. The normalized spacial score (nSPS) is 10.9. The summed E-state index contributed by atoms with van der Waals surface area (Å²) in [5.41, 5.74) is 2.41. The number of nitrogens with one attached hydrogen (secondary N) is 1. The van der Waals surface area contributed by atoms with Gasteiger partial charge in [-0.1, -0.05) is 40.3 Å². The zero-order valence-electron chi connectivity index (χ0n) is 11.9. The molecule has 0 fully saturated rings. The molecule has 0 spiro atoms. The minimum absolute atomic E-state index is 1.00. The van der Waals surface area contributed by atoms with Crippen molar-refractivity contribution in [1.29, 1.82) is 0 Å². The molecule has 0 bridgehead atoms. The molecule has 0 unspecified atom stereocenters. The molecule has 0 radical (unpaired) electrons. The molecule has 0 saturated heterocycles. The zero-order valence-corrected chi connectivity index (χ0v) is 14.4. The summed E-state index contributed by atoms with van der Waals surface area (Å²) in [6, 6.07) is 6.27. The van der Waals surface area contributed by atoms with E-state index in [1.807, 2.05) is 0 Å². The summed E-state index contributed by atoms with van der Waals surface area (Å²) < 4.78 is 1.10. The molecule has 1 heterocycles. The van der Waals surface area contributed by atoms with Gasteiger partial charge in [0.25, 0.3) is 0 Å². The number of aryl methyl sites for hydroxylation is 2. The van der Waals surface area contributed by atoms with Gasteiger partial charge < -0.3 is 5.32 Å². The summed E-state index contributed by atoms with van der Waals surface area (Å²) in [6.07, 6.45) is 3.31. The van der Waals surface area contributed by atoms with E-state index in [0.717, 1.165) is 40.4 Å². The van der Waals surface area contributed by atoms with Gasteiger partial charge in [-0.25, -0.2) is 0 Å². The Morgan fingerprint density at radius 2 is 2.10 bits per heavy atom. The molecule has 0 saturated carbocycles. The minimum Gasteiger partial charge on any atom is -0.317 e. The quantitative estimate of drug-likeness (QED) is 0.757. The molecule has 1 N–H and O–H groups in total. The number of rotatable bonds is 7. The van der Waals surface area contributed by atoms with Crippen molar-refractivity contribution in [3.8, 4) is 10.6 Å². The summed E-state index contributed by atoms with van der Waals surface area (Å²) in [7, 11) is 0. The van der Waals surface area contributed by atoms with Crippen LogP contribution in [0.25, 0.3) is 10.6 Å². The van der Waals surface area contributed by atoms with E-state index in [4.69, 9.17) is 0 Å². The highest BCUT2D eigenvalue weighted by Crippen LogP contribution is 2.28. The van der Waals surface area contributed by atoms with Gasteiger partial charge in [-0.05, 0) is 50.6 Å². The smallest absolute Gasteiger partial charge is 0.148 e. The van der Waals surface area contributed by atoms with Crippen molar-refractivity contribution in [2.45, 2.75) is 33.1 Å². The predicted molar refractivity (Wildman–Crippen MR) is 89.3 cm³/mol. The largest absolute Gasteiger partial charge is 0.317 e. The summed E-state index contributed by atoms with van der Waals surface area (Å²) in [6.45, 7) is 6.44. The molecule has 0 aliphatic heterocycles. The van der Waals surface area contributed by atoms with Crippen LogP contribution in [0.15, 0.2) is 22.7 Å². The van der Waals surface area contributed by atoms with Crippen LogP contribution in [0.3, 0.4) is 0 Å². The second-order valence-electron chi connectivity index (χ2n) is 4.81. The Kier molecular flexibility index (Phi) is 6.13. The van der Waals surface area contributed by atoms with Crippen LogP contribution >= 0.6 is 27.3 Å². The van der Waals surface area contributed by atoms with Gasteiger partial charge in [-0.2, -0.15) is 0 Å². The number of benzene rings is 1. The number of hydrogen-bond donors (Lipinski definition) is 1. The van der Waals surface area contributed by atoms with E-state index < -0.39 is 0 Å². The molecule has 2 aromatic rings. The van der Waals surface area contributed by atoms with Crippen LogP contribution < -0.4 is 5.32 Å². The lowest BCUT2D eigenvalue weighted by Gasteiger charge is -2.01. The standard InChI is InChI=1S/C15H20BrN3S/c1-3-8-17-9-4-5-14-18-19-15(20-14)13-7-6-12(16)10-11(13)2/h6-7,10,17H,3-5,8-9H2,1-2H3. The first-order chi connectivity index (χ1) is 9.70. The lowest BCUT2D eigenvalue weighted by atomic mass is 10.1. The molecule has 108 valence electrons. The fourth-order valence-corrected chi connectivity index (χ4v) is 3.44. The van der Waals surface area contributed by atoms with Crippen LogP contribution in [-0.4, -0.2) is 23.3 Å². The van der Waals surface area contributed by atoms with Crippen molar-refractivity contribution in [1.82, 2.24) is 15.5 Å². The second kappa shape index (κ2) is 7.86. The first-order valence-electron chi connectivity index (χ1n) is 7.00. The van der Waals surface area contributed by atoms with E-state index in [1.165, 1.54) is 17.5 Å². The third kappa shape index (κ3) is 4.36. The maximum Gasteiger partial charge on any atom is 0.148 e. The Balaban J connectivity index is 1.95. The van der Waals surface area contributed by atoms with Crippen LogP contribution in [-0.2, 0) is 6.42 Å². The highest BCUT2D eigenvalue weighted by Gasteiger charge is 2.09. The van der Waals surface area contributed by atoms with E-state index in [1.54, 1.807) is 11.3 Å². The summed E-state index contributed by atoms with van der Waals surface area (Å²) in [4.78, 5) is 0. The van der Waals surface area contributed by atoms with Crippen LogP contribution in [0.2, 0.25) is 0 Å². The van der Waals surface area contributed by atoms with Gasteiger partial charge in [0.2, 0.25) is 0 Å². The molecule has 1 aromatic heterocycles. The fourth-order valence-electron chi connectivity index (χ4n) is 2.00. The van der Waals surface area contributed by atoms with Gasteiger partial charge in [0.05, 0.1) is 0 Å². The first kappa shape index (κ1) is 15.6. The van der Waals surface area contributed by atoms with E-state index in [0.29, 0.717) is 0 Å². The Morgan fingerprint density at radius 3 is 2.85 bits per heavy atom. The van der Waals surface area contributed by atoms with Gasteiger partial charge in [-0.3, -0.25) is 0 Å². The topological polar surface area (TPSA) is 37.8 Å². The van der Waals surface area contributed by atoms with E-state index in [2.05, 4.69) is 63.5 Å². The van der Waals surface area contributed by atoms with E-state index >= 15 is 0 Å². The molecule has 0 aliphatic carbocycles. The molecule has 0 aliphatic rings. The van der Waals surface area contributed by atoms with Gasteiger partial charge in [-0.15, -0.1) is 10.2 Å². The Morgan fingerprint density at radius 1 is 1.25 bits per heavy atom. The van der Waals surface area contributed by atoms with Crippen molar-refractivity contribution in [3.05, 3.63) is 33.2 Å². The lowest BCUT2D eigenvalue weighted by Crippen LogP contribution is -2.16. The molecule has 1 aromatic carbocycles. The van der Waals surface area contributed by atoms with Crippen molar-refractivity contribution in [3.63, 3.8) is 0 Å². The number of hydrogen-bond acceptors (Lipinski definition) is 4. The average Bonchev–Trinajstić information content (AvgIpc) is 2.87. The van der Waals surface area contributed by atoms with Crippen molar-refractivity contribution >= 4 is 27.3 Å². The molecule has 3 nitrogen and oxygen atoms in total. The van der Waals surface area contributed by atoms with Gasteiger partial charge in [0.15, 0.2) is 0 Å². The van der Waals surface area contributed by atoms with Gasteiger partial charge in [0.1, 0.15) is 10.0 Å². The molecule has 0 atom stereocenters. The maximum absolute atomic E-state index is 4.32. The Labute approximate surface area is 133 Å². The molecule has 0 amide bonds. The predicted octanol–water partition coefficient (Wildman–Crippen LogP) is 4.21. The van der Waals surface area contributed by atoms with E-state index in [-0.39, 0.29) is 0 Å². The van der Waals surface area contributed by atoms with Crippen LogP contribution in [0, 0.1) is 6.92 Å². The Hall–Kier alpha value is -0.780. The lowest BCUT2D eigenvalue weighted by molar-refractivity contribution is 0.637. The third-order valence-electron chi connectivity index (χ3n) is 3.06. The summed E-state index contributed by atoms with van der Waals surface area (Å²) in [5, 5.41) is 14.2. The maximum atomic E-state index is 4.32. The summed E-state index contributed by atoms with van der Waals surface area (Å²) in [5.74, 6) is 0. The third-order valence-corrected chi connectivity index (χ3v) is 4.57. The zero-order chi connectivity index (χ0) is 14.4. The SMILES string of the molecule is CCCNCCCc1nnc(-c2ccc(Br)cc2C)s1. The summed E-state index contributed by atoms with van der Waals surface area (Å²) >= 11 is 5.19. The molecular weight excluding hydrogens is 334 g/mol. The number of nitrogens with zero attached hydrogens (tertiary/aromatic N) is 2. The first-order valence-corrected chi connectivity index (χ1v) is 8.61. The van der Waals surface area contributed by atoms with Crippen LogP contribution in [0.5, 0.6) is 0 Å². The minimum atomic E-state index is 1.00. The highest BCUT2D eigenvalue weighted by molar-refractivity contribution is 9.10. The second-order valence-corrected chi connectivity index (χ2v) is 6.79. The molecule has 5 heteroatoms. The molecular formula is C15H20BrN3S. The van der Waals surface area contributed by atoms with Crippen molar-refractivity contribution in [2.24, 2.45) is 0 Å². The van der Waals surface area contributed by atoms with Crippen molar-refractivity contribution < 1.29 is 0 Å². The van der Waals surface area contributed by atoms with Crippen molar-refractivity contribution in [2.75, 3.05) is 13.1 Å².